The zero-order valence-corrected chi connectivity index (χ0v) is 10.4. The first kappa shape index (κ1) is 11.0. The summed E-state index contributed by atoms with van der Waals surface area (Å²) < 4.78 is 0. The lowest BCUT2D eigenvalue weighted by Gasteiger charge is -2.57. The third-order valence-corrected chi connectivity index (χ3v) is 5.10. The lowest BCUT2D eigenvalue weighted by atomic mass is 9.49. The molecule has 0 aromatic carbocycles. The van der Waals surface area contributed by atoms with Gasteiger partial charge in [0.25, 0.3) is 0 Å². The Labute approximate surface area is 98.8 Å². The smallest absolute Gasteiger partial charge is 0.0636 e. The fourth-order valence-electron chi connectivity index (χ4n) is 5.05. The number of aliphatic hydroxyl groups excluding tert-OH is 1. The summed E-state index contributed by atoms with van der Waals surface area (Å²) in [6.07, 6.45) is 8.76. The van der Waals surface area contributed by atoms with Crippen molar-refractivity contribution in [1.82, 2.24) is 5.32 Å². The van der Waals surface area contributed by atoms with Crippen molar-refractivity contribution in [1.29, 1.82) is 0 Å². The van der Waals surface area contributed by atoms with Gasteiger partial charge in [-0.15, -0.1) is 0 Å². The van der Waals surface area contributed by atoms with E-state index >= 15 is 0 Å². The van der Waals surface area contributed by atoms with E-state index in [0.29, 0.717) is 5.41 Å². The van der Waals surface area contributed by atoms with Crippen molar-refractivity contribution in [3.63, 3.8) is 0 Å². The highest BCUT2D eigenvalue weighted by Crippen LogP contribution is 2.59. The van der Waals surface area contributed by atoms with Crippen molar-refractivity contribution in [2.75, 3.05) is 13.1 Å². The van der Waals surface area contributed by atoms with Crippen LogP contribution >= 0.6 is 0 Å². The van der Waals surface area contributed by atoms with Gasteiger partial charge in [-0.2, -0.15) is 0 Å². The first-order chi connectivity index (χ1) is 7.65. The Kier molecular flexibility index (Phi) is 2.75. The summed E-state index contributed by atoms with van der Waals surface area (Å²) in [5.41, 5.74) is 0.615. The van der Waals surface area contributed by atoms with E-state index in [2.05, 4.69) is 5.32 Å². The summed E-state index contributed by atoms with van der Waals surface area (Å²) in [5.74, 6) is 3.12. The molecule has 92 valence electrons. The first-order valence-corrected chi connectivity index (χ1v) is 7.04. The van der Waals surface area contributed by atoms with Gasteiger partial charge in [-0.1, -0.05) is 0 Å². The summed E-state index contributed by atoms with van der Waals surface area (Å²) in [7, 11) is 0. The van der Waals surface area contributed by atoms with Gasteiger partial charge in [0.15, 0.2) is 0 Å². The number of rotatable bonds is 4. The van der Waals surface area contributed by atoms with Gasteiger partial charge in [0.2, 0.25) is 0 Å². The predicted octanol–water partition coefficient (Wildman–Crippen LogP) is 2.17. The van der Waals surface area contributed by atoms with Gasteiger partial charge in [-0.05, 0) is 68.6 Å². The van der Waals surface area contributed by atoms with Crippen LogP contribution in [-0.4, -0.2) is 24.3 Å². The van der Waals surface area contributed by atoms with Crippen LogP contribution in [0.2, 0.25) is 0 Å². The Morgan fingerprint density at radius 3 is 2.06 bits per heavy atom. The van der Waals surface area contributed by atoms with Crippen LogP contribution in [0.25, 0.3) is 0 Å². The topological polar surface area (TPSA) is 32.3 Å². The number of hydrogen-bond donors (Lipinski definition) is 2. The minimum Gasteiger partial charge on any atom is -0.392 e. The SMILES string of the molecule is CC(O)CNCC12CC3CC(CC(C3)C1)C2. The molecule has 4 aliphatic rings. The van der Waals surface area contributed by atoms with Crippen LogP contribution in [0.4, 0.5) is 0 Å². The van der Waals surface area contributed by atoms with Gasteiger partial charge < -0.3 is 10.4 Å². The summed E-state index contributed by atoms with van der Waals surface area (Å²) in [5, 5.41) is 12.8. The Balaban J connectivity index is 1.60. The normalized spacial score (nSPS) is 47.2. The van der Waals surface area contributed by atoms with Crippen molar-refractivity contribution in [2.24, 2.45) is 23.2 Å². The summed E-state index contributed by atoms with van der Waals surface area (Å²) in [6, 6.07) is 0. The van der Waals surface area contributed by atoms with E-state index in [0.717, 1.165) is 30.8 Å². The Bertz CT molecular complexity index is 226. The van der Waals surface area contributed by atoms with Gasteiger partial charge in [-0.25, -0.2) is 0 Å². The molecular formula is C14H25NO. The van der Waals surface area contributed by atoms with Crippen LogP contribution in [0, 0.1) is 23.2 Å². The Hall–Kier alpha value is -0.0800. The molecule has 2 nitrogen and oxygen atoms in total. The highest BCUT2D eigenvalue weighted by atomic mass is 16.3. The number of nitrogens with one attached hydrogen (secondary N) is 1. The van der Waals surface area contributed by atoms with Gasteiger partial charge in [0.05, 0.1) is 6.10 Å². The second kappa shape index (κ2) is 3.99. The van der Waals surface area contributed by atoms with Crippen molar-refractivity contribution in [3.8, 4) is 0 Å². The third-order valence-electron chi connectivity index (χ3n) is 5.10. The molecule has 1 atom stereocenters. The molecule has 0 aromatic rings. The molecule has 2 N–H and O–H groups in total. The summed E-state index contributed by atoms with van der Waals surface area (Å²) in [4.78, 5) is 0. The van der Waals surface area contributed by atoms with Crippen molar-refractivity contribution >= 4 is 0 Å². The maximum atomic E-state index is 9.30. The molecule has 0 aliphatic heterocycles. The van der Waals surface area contributed by atoms with Gasteiger partial charge in [0.1, 0.15) is 0 Å². The van der Waals surface area contributed by atoms with Crippen LogP contribution in [0.3, 0.4) is 0 Å². The second-order valence-corrected chi connectivity index (χ2v) is 6.90. The molecule has 4 rings (SSSR count). The average Bonchev–Trinajstić information content (AvgIpc) is 2.13. The second-order valence-electron chi connectivity index (χ2n) is 6.90. The van der Waals surface area contributed by atoms with Crippen LogP contribution < -0.4 is 5.32 Å². The number of aliphatic hydroxyl groups is 1. The molecule has 4 bridgehead atoms. The largest absolute Gasteiger partial charge is 0.392 e. The fraction of sp³-hybridized carbons (Fsp3) is 1.00. The lowest BCUT2D eigenvalue weighted by molar-refractivity contribution is -0.0520. The molecule has 4 aliphatic carbocycles. The molecule has 2 heteroatoms. The number of hydrogen-bond acceptors (Lipinski definition) is 2. The Morgan fingerprint density at radius 1 is 1.12 bits per heavy atom. The minimum atomic E-state index is -0.200. The average molecular weight is 223 g/mol. The van der Waals surface area contributed by atoms with Crippen LogP contribution in [0.5, 0.6) is 0 Å². The van der Waals surface area contributed by atoms with Crippen molar-refractivity contribution in [2.45, 2.75) is 51.6 Å². The Morgan fingerprint density at radius 2 is 1.62 bits per heavy atom. The zero-order chi connectivity index (χ0) is 11.2. The standard InChI is InChI=1S/C14H25NO/c1-10(16)8-15-9-14-5-11-2-12(6-14)4-13(3-11)7-14/h10-13,15-16H,2-9H2,1H3. The molecule has 0 aromatic heterocycles. The highest BCUT2D eigenvalue weighted by molar-refractivity contribution is 5.02. The molecule has 4 fully saturated rings. The minimum absolute atomic E-state index is 0.200. The van der Waals surface area contributed by atoms with E-state index in [1.54, 1.807) is 0 Å². The molecule has 1 unspecified atom stereocenters. The third kappa shape index (κ3) is 2.02. The fourth-order valence-corrected chi connectivity index (χ4v) is 5.05. The summed E-state index contributed by atoms with van der Waals surface area (Å²) >= 11 is 0. The van der Waals surface area contributed by atoms with E-state index in [-0.39, 0.29) is 6.10 Å². The zero-order valence-electron chi connectivity index (χ0n) is 10.4. The first-order valence-electron chi connectivity index (χ1n) is 7.04. The van der Waals surface area contributed by atoms with Crippen LogP contribution in [0.15, 0.2) is 0 Å². The lowest BCUT2D eigenvalue weighted by Crippen LogP contribution is -2.50. The van der Waals surface area contributed by atoms with Crippen LogP contribution in [-0.2, 0) is 0 Å². The highest BCUT2D eigenvalue weighted by Gasteiger charge is 2.50. The maximum absolute atomic E-state index is 9.30. The van der Waals surface area contributed by atoms with E-state index < -0.39 is 0 Å². The predicted molar refractivity (Wildman–Crippen MR) is 65.2 cm³/mol. The van der Waals surface area contributed by atoms with Crippen molar-refractivity contribution in [3.05, 3.63) is 0 Å². The van der Waals surface area contributed by atoms with E-state index in [4.69, 9.17) is 0 Å². The molecule has 0 heterocycles. The van der Waals surface area contributed by atoms with Gasteiger partial charge >= 0.3 is 0 Å². The molecule has 0 spiro atoms. The van der Waals surface area contributed by atoms with E-state index in [1.165, 1.54) is 38.5 Å². The van der Waals surface area contributed by atoms with Crippen LogP contribution in [0.1, 0.15) is 45.4 Å². The molecule has 0 amide bonds. The van der Waals surface area contributed by atoms with E-state index in [9.17, 15) is 5.11 Å². The molecule has 0 saturated heterocycles. The van der Waals surface area contributed by atoms with Gasteiger partial charge in [-0.3, -0.25) is 0 Å². The van der Waals surface area contributed by atoms with Gasteiger partial charge in [0, 0.05) is 13.1 Å². The summed E-state index contributed by atoms with van der Waals surface area (Å²) in [6.45, 7) is 3.79. The van der Waals surface area contributed by atoms with Crippen molar-refractivity contribution < 1.29 is 5.11 Å². The molecule has 0 radical (unpaired) electrons. The van der Waals surface area contributed by atoms with E-state index in [1.807, 2.05) is 6.92 Å². The quantitative estimate of drug-likeness (QED) is 0.765. The maximum Gasteiger partial charge on any atom is 0.0636 e. The monoisotopic (exact) mass is 223 g/mol. The molecule has 16 heavy (non-hydrogen) atoms. The molecule has 4 saturated carbocycles. The molecular weight excluding hydrogens is 198 g/mol.